The van der Waals surface area contributed by atoms with Crippen LogP contribution in [-0.2, 0) is 0 Å². The van der Waals surface area contributed by atoms with Gasteiger partial charge in [0.25, 0.3) is 5.88 Å². The lowest BCUT2D eigenvalue weighted by Crippen LogP contribution is -1.99. The molecule has 3 aromatic carbocycles. The molecule has 9 heteroatoms. The predicted octanol–water partition coefficient (Wildman–Crippen LogP) is 6.27. The fraction of sp³-hybridized carbons (Fsp3) is 0. The lowest BCUT2D eigenvalue weighted by Gasteiger charge is -2.11. The van der Waals surface area contributed by atoms with Crippen LogP contribution in [0.3, 0.4) is 0 Å². The van der Waals surface area contributed by atoms with Crippen LogP contribution in [0.25, 0.3) is 21.0 Å². The van der Waals surface area contributed by atoms with Crippen LogP contribution in [-0.4, -0.2) is 21.2 Å². The predicted molar refractivity (Wildman–Crippen MR) is 122 cm³/mol. The van der Waals surface area contributed by atoms with Gasteiger partial charge in [-0.25, -0.2) is 9.97 Å². The van der Waals surface area contributed by atoms with Gasteiger partial charge in [-0.2, -0.15) is 14.5 Å². The molecule has 0 saturated heterocycles. The van der Waals surface area contributed by atoms with Gasteiger partial charge in [-0.05, 0) is 40.6 Å². The van der Waals surface area contributed by atoms with Crippen LogP contribution in [0, 0.1) is 5.82 Å². The summed E-state index contributed by atoms with van der Waals surface area (Å²) in [5.41, 5.74) is 4.51. The smallest absolute Gasteiger partial charge is 0.260 e. The van der Waals surface area contributed by atoms with Crippen molar-refractivity contribution in [3.05, 3.63) is 83.5 Å². The van der Waals surface area contributed by atoms with Gasteiger partial charge in [0.05, 0.1) is 22.6 Å². The molecule has 0 radical (unpaired) electrons. The normalized spacial score (nSPS) is 11.4. The molecule has 5 rings (SSSR count). The number of rotatable bonds is 5. The van der Waals surface area contributed by atoms with Crippen LogP contribution < -0.4 is 10.2 Å². The van der Waals surface area contributed by atoms with Crippen LogP contribution in [0.2, 0.25) is 5.28 Å². The zero-order valence-corrected chi connectivity index (χ0v) is 17.4. The lowest BCUT2D eigenvalue weighted by molar-refractivity contribution is 0.420. The Bertz CT molecular complexity index is 1410. The van der Waals surface area contributed by atoms with Crippen molar-refractivity contribution in [1.29, 1.82) is 0 Å². The summed E-state index contributed by atoms with van der Waals surface area (Å²) < 4.78 is 20.9. The standard InChI is InChI=1S/C22H13ClFN5OS/c23-21-25-12-16(24)20(28-21)30-18-10-9-13-5-1-2-6-14(13)15(18)11-26-29-22-27-17-7-3-4-8-19(17)31-22/h1-12H,(H,27,29)/b26-11-. The molecular weight excluding hydrogens is 437 g/mol. The van der Waals surface area contributed by atoms with Crippen molar-refractivity contribution in [2.45, 2.75) is 0 Å². The molecule has 0 bridgehead atoms. The van der Waals surface area contributed by atoms with Crippen molar-refractivity contribution in [3.8, 4) is 11.6 Å². The number of thiazole rings is 1. The Morgan fingerprint density at radius 3 is 2.77 bits per heavy atom. The van der Waals surface area contributed by atoms with E-state index in [1.165, 1.54) is 11.3 Å². The topological polar surface area (TPSA) is 72.3 Å². The van der Waals surface area contributed by atoms with Crippen molar-refractivity contribution in [2.24, 2.45) is 5.10 Å². The first kappa shape index (κ1) is 19.3. The molecule has 0 aliphatic heterocycles. The Kier molecular flexibility index (Phi) is 5.15. The number of anilines is 1. The number of ether oxygens (including phenoxy) is 1. The second-order valence-electron chi connectivity index (χ2n) is 6.45. The molecule has 152 valence electrons. The van der Waals surface area contributed by atoms with E-state index in [0.717, 1.165) is 27.2 Å². The first-order valence-electron chi connectivity index (χ1n) is 9.20. The van der Waals surface area contributed by atoms with Gasteiger partial charge in [0.15, 0.2) is 0 Å². The summed E-state index contributed by atoms with van der Waals surface area (Å²) in [4.78, 5) is 11.9. The Balaban J connectivity index is 1.51. The lowest BCUT2D eigenvalue weighted by atomic mass is 10.0. The fourth-order valence-electron chi connectivity index (χ4n) is 3.08. The SMILES string of the molecule is Fc1cnc(Cl)nc1Oc1ccc2ccccc2c1/C=N\Nc1nc2ccccc2s1. The molecule has 0 aliphatic rings. The number of nitrogens with zero attached hydrogens (tertiary/aromatic N) is 4. The number of benzene rings is 3. The van der Waals surface area contributed by atoms with Crippen LogP contribution in [0.15, 0.2) is 72.0 Å². The van der Waals surface area contributed by atoms with E-state index >= 15 is 0 Å². The monoisotopic (exact) mass is 449 g/mol. The molecule has 0 unspecified atom stereocenters. The number of hydrazone groups is 1. The highest BCUT2D eigenvalue weighted by Gasteiger charge is 2.13. The van der Waals surface area contributed by atoms with E-state index in [0.29, 0.717) is 16.4 Å². The Morgan fingerprint density at radius 2 is 1.87 bits per heavy atom. The van der Waals surface area contributed by atoms with Crippen molar-refractivity contribution in [3.63, 3.8) is 0 Å². The summed E-state index contributed by atoms with van der Waals surface area (Å²) >= 11 is 7.29. The molecule has 2 aromatic heterocycles. The van der Waals surface area contributed by atoms with Gasteiger partial charge < -0.3 is 4.74 Å². The van der Waals surface area contributed by atoms with Gasteiger partial charge in [0.1, 0.15) is 5.75 Å². The molecular formula is C22H13ClFN5OS. The fourth-order valence-corrected chi connectivity index (χ4v) is 4.02. The maximum Gasteiger partial charge on any atom is 0.260 e. The van der Waals surface area contributed by atoms with E-state index in [1.54, 1.807) is 12.3 Å². The number of halogens is 2. The van der Waals surface area contributed by atoms with Crippen LogP contribution in [0.5, 0.6) is 11.6 Å². The van der Waals surface area contributed by atoms with Gasteiger partial charge in [0.2, 0.25) is 16.2 Å². The Hall–Kier alpha value is -3.62. The van der Waals surface area contributed by atoms with Crippen LogP contribution in [0.4, 0.5) is 9.52 Å². The number of hydrogen-bond acceptors (Lipinski definition) is 7. The quantitative estimate of drug-likeness (QED) is 0.194. The number of nitrogens with one attached hydrogen (secondary N) is 1. The maximum atomic E-state index is 14.1. The molecule has 1 N–H and O–H groups in total. The zero-order chi connectivity index (χ0) is 21.2. The minimum atomic E-state index is -0.715. The van der Waals surface area contributed by atoms with Crippen molar-refractivity contribution >= 4 is 55.3 Å². The third-order valence-corrected chi connectivity index (χ3v) is 5.59. The highest BCUT2D eigenvalue weighted by molar-refractivity contribution is 7.22. The van der Waals surface area contributed by atoms with Gasteiger partial charge >= 0.3 is 0 Å². The molecule has 0 spiro atoms. The number of aromatic nitrogens is 3. The molecule has 5 aromatic rings. The molecule has 6 nitrogen and oxygen atoms in total. The second-order valence-corrected chi connectivity index (χ2v) is 7.82. The molecule has 2 heterocycles. The molecule has 0 amide bonds. The Morgan fingerprint density at radius 1 is 1.03 bits per heavy atom. The summed E-state index contributed by atoms with van der Waals surface area (Å²) in [6.45, 7) is 0. The average molecular weight is 450 g/mol. The van der Waals surface area contributed by atoms with Crippen LogP contribution >= 0.6 is 22.9 Å². The third kappa shape index (κ3) is 4.03. The summed E-state index contributed by atoms with van der Waals surface area (Å²) in [6.07, 6.45) is 2.58. The maximum absolute atomic E-state index is 14.1. The molecule has 0 saturated carbocycles. The number of fused-ring (bicyclic) bond motifs is 2. The minimum absolute atomic E-state index is 0.107. The molecule has 31 heavy (non-hydrogen) atoms. The van der Waals surface area contributed by atoms with Gasteiger partial charge in [-0.15, -0.1) is 0 Å². The van der Waals surface area contributed by atoms with E-state index in [2.05, 4.69) is 25.5 Å². The van der Waals surface area contributed by atoms with Gasteiger partial charge in [-0.3, -0.25) is 5.43 Å². The molecule has 0 aliphatic carbocycles. The highest BCUT2D eigenvalue weighted by atomic mass is 35.5. The van der Waals surface area contributed by atoms with Crippen molar-refractivity contribution in [2.75, 3.05) is 5.43 Å². The van der Waals surface area contributed by atoms with Gasteiger partial charge in [-0.1, -0.05) is 53.8 Å². The van der Waals surface area contributed by atoms with Gasteiger partial charge in [0, 0.05) is 5.56 Å². The van der Waals surface area contributed by atoms with Crippen molar-refractivity contribution in [1.82, 2.24) is 15.0 Å². The summed E-state index contributed by atoms with van der Waals surface area (Å²) in [5, 5.41) is 6.76. The highest BCUT2D eigenvalue weighted by Crippen LogP contribution is 2.31. The van der Waals surface area contributed by atoms with E-state index in [9.17, 15) is 4.39 Å². The summed E-state index contributed by atoms with van der Waals surface area (Å²) in [6, 6.07) is 19.2. The first-order valence-corrected chi connectivity index (χ1v) is 10.4. The van der Waals surface area contributed by atoms with E-state index < -0.39 is 5.82 Å². The van der Waals surface area contributed by atoms with E-state index in [1.807, 2.05) is 54.6 Å². The number of hydrogen-bond donors (Lipinski definition) is 1. The molecule has 0 fully saturated rings. The van der Waals surface area contributed by atoms with Crippen LogP contribution in [0.1, 0.15) is 5.56 Å². The second kappa shape index (κ2) is 8.25. The molecule has 0 atom stereocenters. The summed E-state index contributed by atoms with van der Waals surface area (Å²) in [7, 11) is 0. The number of para-hydroxylation sites is 1. The minimum Gasteiger partial charge on any atom is -0.436 e. The van der Waals surface area contributed by atoms with E-state index in [4.69, 9.17) is 16.3 Å². The summed E-state index contributed by atoms with van der Waals surface area (Å²) in [5.74, 6) is -0.598. The Labute approximate surface area is 185 Å². The largest absolute Gasteiger partial charge is 0.436 e. The average Bonchev–Trinajstić information content (AvgIpc) is 3.20. The van der Waals surface area contributed by atoms with Crippen molar-refractivity contribution < 1.29 is 9.13 Å². The zero-order valence-electron chi connectivity index (χ0n) is 15.8. The van der Waals surface area contributed by atoms with E-state index in [-0.39, 0.29) is 11.2 Å². The third-order valence-electron chi connectivity index (χ3n) is 4.47. The first-order chi connectivity index (χ1) is 15.2.